The predicted molar refractivity (Wildman–Crippen MR) is 104 cm³/mol. The SMILES string of the molecule is O=C(/C=C/c1ccsc1)N[C@@H](CO)c1cccc(CN2CCOCC2)c1. The molecule has 1 atom stereocenters. The van der Waals surface area contributed by atoms with E-state index < -0.39 is 6.04 Å². The Morgan fingerprint density at radius 2 is 2.19 bits per heavy atom. The van der Waals surface area contributed by atoms with Crippen molar-refractivity contribution in [2.75, 3.05) is 32.9 Å². The zero-order chi connectivity index (χ0) is 18.2. The number of ether oxygens (including phenoxy) is 1. The van der Waals surface area contributed by atoms with Crippen molar-refractivity contribution < 1.29 is 14.6 Å². The minimum Gasteiger partial charge on any atom is -0.394 e. The Morgan fingerprint density at radius 1 is 1.35 bits per heavy atom. The molecule has 2 N–H and O–H groups in total. The average molecular weight is 372 g/mol. The number of hydrogen-bond donors (Lipinski definition) is 2. The molecule has 1 aliphatic heterocycles. The molecule has 3 rings (SSSR count). The largest absolute Gasteiger partial charge is 0.394 e. The summed E-state index contributed by atoms with van der Waals surface area (Å²) in [6, 6.07) is 9.57. The third-order valence-corrected chi connectivity index (χ3v) is 5.03. The van der Waals surface area contributed by atoms with Crippen LogP contribution in [-0.2, 0) is 16.1 Å². The number of thiophene rings is 1. The van der Waals surface area contributed by atoms with E-state index in [0.717, 1.165) is 44.0 Å². The first kappa shape index (κ1) is 18.8. The van der Waals surface area contributed by atoms with Crippen LogP contribution >= 0.6 is 11.3 Å². The summed E-state index contributed by atoms with van der Waals surface area (Å²) in [7, 11) is 0. The van der Waals surface area contributed by atoms with E-state index in [2.05, 4.69) is 22.3 Å². The van der Waals surface area contributed by atoms with Crippen LogP contribution in [0.25, 0.3) is 6.08 Å². The zero-order valence-electron chi connectivity index (χ0n) is 14.6. The van der Waals surface area contributed by atoms with Crippen molar-refractivity contribution in [3.8, 4) is 0 Å². The maximum atomic E-state index is 12.2. The monoisotopic (exact) mass is 372 g/mol. The quantitative estimate of drug-likeness (QED) is 0.733. The molecule has 1 saturated heterocycles. The van der Waals surface area contributed by atoms with Gasteiger partial charge in [-0.05, 0) is 39.6 Å². The molecular formula is C20H24N2O3S. The molecule has 26 heavy (non-hydrogen) atoms. The fraction of sp³-hybridized carbons (Fsp3) is 0.350. The summed E-state index contributed by atoms with van der Waals surface area (Å²) in [4.78, 5) is 14.5. The second kappa shape index (κ2) is 9.64. The zero-order valence-corrected chi connectivity index (χ0v) is 15.5. The summed E-state index contributed by atoms with van der Waals surface area (Å²) in [5.74, 6) is -0.214. The van der Waals surface area contributed by atoms with Crippen LogP contribution in [0.15, 0.2) is 47.2 Å². The lowest BCUT2D eigenvalue weighted by molar-refractivity contribution is -0.117. The van der Waals surface area contributed by atoms with Gasteiger partial charge in [-0.1, -0.05) is 24.3 Å². The molecule has 0 spiro atoms. The molecule has 1 fully saturated rings. The lowest BCUT2D eigenvalue weighted by Gasteiger charge is -2.27. The van der Waals surface area contributed by atoms with Gasteiger partial charge in [-0.15, -0.1) is 0 Å². The first-order valence-electron chi connectivity index (χ1n) is 8.75. The number of morpholine rings is 1. The van der Waals surface area contributed by atoms with Crippen LogP contribution in [0, 0.1) is 0 Å². The maximum Gasteiger partial charge on any atom is 0.244 e. The molecule has 0 unspecified atom stereocenters. The maximum absolute atomic E-state index is 12.2. The molecule has 1 amide bonds. The number of carbonyl (C=O) groups excluding carboxylic acids is 1. The van der Waals surface area contributed by atoms with Gasteiger partial charge in [-0.2, -0.15) is 11.3 Å². The topological polar surface area (TPSA) is 61.8 Å². The van der Waals surface area contributed by atoms with Gasteiger partial charge in [0.1, 0.15) is 0 Å². The highest BCUT2D eigenvalue weighted by Gasteiger charge is 2.15. The van der Waals surface area contributed by atoms with Gasteiger partial charge >= 0.3 is 0 Å². The summed E-state index contributed by atoms with van der Waals surface area (Å²) in [6.45, 7) is 4.10. The van der Waals surface area contributed by atoms with Gasteiger partial charge in [0.15, 0.2) is 0 Å². The Hall–Kier alpha value is -1.99. The van der Waals surface area contributed by atoms with Gasteiger partial charge < -0.3 is 15.2 Å². The van der Waals surface area contributed by atoms with E-state index in [1.54, 1.807) is 17.4 Å². The standard InChI is InChI=1S/C20H24N2O3S/c23-14-19(21-20(24)5-4-16-6-11-26-15-16)18-3-1-2-17(12-18)13-22-7-9-25-10-8-22/h1-6,11-12,15,19,23H,7-10,13-14H2,(H,21,24)/b5-4+/t19-/m0/s1. The number of aliphatic hydroxyl groups is 1. The van der Waals surface area contributed by atoms with Crippen molar-refractivity contribution in [1.29, 1.82) is 0 Å². The van der Waals surface area contributed by atoms with Gasteiger partial charge in [-0.25, -0.2) is 0 Å². The van der Waals surface area contributed by atoms with Crippen LogP contribution in [0.1, 0.15) is 22.7 Å². The number of aliphatic hydroxyl groups excluding tert-OH is 1. The Labute approximate surface area is 157 Å². The number of hydrogen-bond acceptors (Lipinski definition) is 5. The van der Waals surface area contributed by atoms with E-state index >= 15 is 0 Å². The molecule has 1 aliphatic rings. The van der Waals surface area contributed by atoms with Crippen molar-refractivity contribution in [3.05, 3.63) is 63.9 Å². The summed E-state index contributed by atoms with van der Waals surface area (Å²) < 4.78 is 5.38. The van der Waals surface area contributed by atoms with Gasteiger partial charge in [0.05, 0.1) is 25.9 Å². The summed E-state index contributed by atoms with van der Waals surface area (Å²) in [5, 5.41) is 16.5. The Balaban J connectivity index is 1.61. The second-order valence-electron chi connectivity index (χ2n) is 6.27. The van der Waals surface area contributed by atoms with Crippen LogP contribution in [-0.4, -0.2) is 48.8 Å². The van der Waals surface area contributed by atoms with E-state index in [1.165, 1.54) is 11.6 Å². The van der Waals surface area contributed by atoms with Crippen LogP contribution in [0.4, 0.5) is 0 Å². The van der Waals surface area contributed by atoms with Gasteiger partial charge in [-0.3, -0.25) is 9.69 Å². The predicted octanol–water partition coefficient (Wildman–Crippen LogP) is 2.44. The van der Waals surface area contributed by atoms with E-state index in [0.29, 0.717) is 0 Å². The highest BCUT2D eigenvalue weighted by Crippen LogP contribution is 2.17. The highest BCUT2D eigenvalue weighted by atomic mass is 32.1. The van der Waals surface area contributed by atoms with Crippen molar-refractivity contribution in [1.82, 2.24) is 10.2 Å². The summed E-state index contributed by atoms with van der Waals surface area (Å²) in [5.41, 5.74) is 3.08. The van der Waals surface area contributed by atoms with Crippen LogP contribution < -0.4 is 5.32 Å². The summed E-state index contributed by atoms with van der Waals surface area (Å²) in [6.07, 6.45) is 3.28. The first-order valence-corrected chi connectivity index (χ1v) is 9.69. The smallest absolute Gasteiger partial charge is 0.244 e. The molecule has 2 heterocycles. The average Bonchev–Trinajstić information content (AvgIpc) is 3.19. The molecule has 0 saturated carbocycles. The van der Waals surface area contributed by atoms with E-state index in [9.17, 15) is 9.90 Å². The minimum atomic E-state index is -0.417. The van der Waals surface area contributed by atoms with E-state index in [4.69, 9.17) is 4.74 Å². The van der Waals surface area contributed by atoms with Crippen molar-refractivity contribution in [2.24, 2.45) is 0 Å². The normalized spacial score (nSPS) is 16.7. The minimum absolute atomic E-state index is 0.140. The molecule has 0 bridgehead atoms. The lowest BCUT2D eigenvalue weighted by atomic mass is 10.0. The van der Waals surface area contributed by atoms with Crippen molar-refractivity contribution in [2.45, 2.75) is 12.6 Å². The van der Waals surface area contributed by atoms with Gasteiger partial charge in [0, 0.05) is 25.7 Å². The third-order valence-electron chi connectivity index (χ3n) is 4.33. The molecule has 1 aromatic carbocycles. The highest BCUT2D eigenvalue weighted by molar-refractivity contribution is 7.08. The second-order valence-corrected chi connectivity index (χ2v) is 7.05. The number of amides is 1. The van der Waals surface area contributed by atoms with E-state index in [1.807, 2.05) is 29.0 Å². The number of benzene rings is 1. The molecule has 138 valence electrons. The third kappa shape index (κ3) is 5.51. The number of carbonyl (C=O) groups is 1. The van der Waals surface area contributed by atoms with E-state index in [-0.39, 0.29) is 12.5 Å². The lowest BCUT2D eigenvalue weighted by Crippen LogP contribution is -2.35. The number of rotatable bonds is 7. The fourth-order valence-electron chi connectivity index (χ4n) is 2.92. The van der Waals surface area contributed by atoms with Crippen molar-refractivity contribution >= 4 is 23.3 Å². The van der Waals surface area contributed by atoms with Gasteiger partial charge in [0.2, 0.25) is 5.91 Å². The Bertz CT molecular complexity index is 724. The molecule has 6 heteroatoms. The Morgan fingerprint density at radius 3 is 2.92 bits per heavy atom. The van der Waals surface area contributed by atoms with Crippen LogP contribution in [0.3, 0.4) is 0 Å². The first-order chi connectivity index (χ1) is 12.7. The molecule has 2 aromatic rings. The van der Waals surface area contributed by atoms with Crippen molar-refractivity contribution in [3.63, 3.8) is 0 Å². The molecule has 5 nitrogen and oxygen atoms in total. The molecular weight excluding hydrogens is 348 g/mol. The number of nitrogens with zero attached hydrogens (tertiary/aromatic N) is 1. The van der Waals surface area contributed by atoms with Crippen LogP contribution in [0.5, 0.6) is 0 Å². The van der Waals surface area contributed by atoms with Crippen LogP contribution in [0.2, 0.25) is 0 Å². The molecule has 0 aliphatic carbocycles. The number of nitrogens with one attached hydrogen (secondary N) is 1. The Kier molecular flexibility index (Phi) is 6.96. The summed E-state index contributed by atoms with van der Waals surface area (Å²) >= 11 is 1.59. The molecule has 0 radical (unpaired) electrons. The van der Waals surface area contributed by atoms with Gasteiger partial charge in [0.25, 0.3) is 0 Å². The molecule has 1 aromatic heterocycles. The fourth-order valence-corrected chi connectivity index (χ4v) is 3.55.